The first kappa shape index (κ1) is 17.1. The van der Waals surface area contributed by atoms with Crippen molar-refractivity contribution >= 4 is 0 Å². The van der Waals surface area contributed by atoms with Crippen molar-refractivity contribution in [3.05, 3.63) is 75.2 Å². The molecule has 1 N–H and O–H groups in total. The molecule has 0 aliphatic heterocycles. The lowest BCUT2D eigenvalue weighted by Gasteiger charge is -2.09. The van der Waals surface area contributed by atoms with Crippen molar-refractivity contribution in [1.29, 1.82) is 0 Å². The van der Waals surface area contributed by atoms with Crippen LogP contribution in [0.5, 0.6) is 0 Å². The van der Waals surface area contributed by atoms with Crippen LogP contribution in [0, 0.1) is 20.8 Å². The van der Waals surface area contributed by atoms with Crippen molar-refractivity contribution in [2.24, 2.45) is 0 Å². The highest BCUT2D eigenvalue weighted by Gasteiger charge is 2.38. The molecule has 1 aromatic heterocycles. The summed E-state index contributed by atoms with van der Waals surface area (Å²) in [4.78, 5) is 12.8. The molecule has 130 valence electrons. The number of alkyl halides is 3. The fraction of sp³-hybridized carbons (Fsp3) is 0.211. The summed E-state index contributed by atoms with van der Waals surface area (Å²) in [6.07, 6.45) is -4.67. The molecule has 1 heterocycles. The number of H-pyrrole nitrogens is 1. The molecule has 0 spiro atoms. The monoisotopic (exact) mass is 346 g/mol. The minimum Gasteiger partial charge on any atom is -0.286 e. The first-order valence-corrected chi connectivity index (χ1v) is 7.75. The number of nitrogens with zero attached hydrogens (tertiary/aromatic N) is 1. The van der Waals surface area contributed by atoms with Gasteiger partial charge in [-0.1, -0.05) is 41.5 Å². The average molecular weight is 346 g/mol. The maximum Gasteiger partial charge on any atom is 0.433 e. The normalized spacial score (nSPS) is 11.8. The topological polar surface area (TPSA) is 37.8 Å². The van der Waals surface area contributed by atoms with Crippen molar-refractivity contribution in [3.8, 4) is 16.8 Å². The number of aromatic amines is 1. The van der Waals surface area contributed by atoms with Crippen LogP contribution in [0.15, 0.2) is 47.3 Å². The minimum atomic E-state index is -4.67. The number of halogens is 3. The van der Waals surface area contributed by atoms with Crippen LogP contribution in [-0.2, 0) is 6.18 Å². The van der Waals surface area contributed by atoms with E-state index in [1.165, 1.54) is 0 Å². The van der Waals surface area contributed by atoms with Crippen molar-refractivity contribution in [2.45, 2.75) is 26.9 Å². The van der Waals surface area contributed by atoms with Crippen LogP contribution in [-0.4, -0.2) is 9.78 Å². The molecule has 3 rings (SSSR count). The van der Waals surface area contributed by atoms with E-state index in [2.05, 4.69) is 5.10 Å². The van der Waals surface area contributed by atoms with Gasteiger partial charge in [0.2, 0.25) is 0 Å². The summed E-state index contributed by atoms with van der Waals surface area (Å²) in [6.45, 7) is 5.34. The molecule has 0 radical (unpaired) electrons. The molecule has 0 saturated heterocycles. The number of benzene rings is 2. The molecule has 6 heteroatoms. The molecule has 25 heavy (non-hydrogen) atoms. The maximum atomic E-state index is 13.6. The Hall–Kier alpha value is -2.76. The number of rotatable bonds is 2. The van der Waals surface area contributed by atoms with Crippen LogP contribution in [0.1, 0.15) is 22.4 Å². The van der Waals surface area contributed by atoms with Crippen molar-refractivity contribution in [2.75, 3.05) is 0 Å². The molecule has 0 bridgehead atoms. The highest BCUT2D eigenvalue weighted by Crippen LogP contribution is 2.35. The molecule has 3 nitrogen and oxygen atoms in total. The maximum absolute atomic E-state index is 13.6. The van der Waals surface area contributed by atoms with Gasteiger partial charge in [0.05, 0.1) is 11.3 Å². The number of hydrogen-bond acceptors (Lipinski definition) is 1. The van der Waals surface area contributed by atoms with E-state index in [1.807, 2.05) is 6.92 Å². The zero-order valence-electron chi connectivity index (χ0n) is 14.0. The van der Waals surface area contributed by atoms with Crippen molar-refractivity contribution in [3.63, 3.8) is 0 Å². The van der Waals surface area contributed by atoms with Crippen LogP contribution < -0.4 is 5.56 Å². The van der Waals surface area contributed by atoms with E-state index in [4.69, 9.17) is 0 Å². The quantitative estimate of drug-likeness (QED) is 0.713. The predicted molar refractivity (Wildman–Crippen MR) is 91.0 cm³/mol. The molecular formula is C19H17F3N2O. The van der Waals surface area contributed by atoms with E-state index in [1.54, 1.807) is 56.3 Å². The van der Waals surface area contributed by atoms with Crippen LogP contribution in [0.3, 0.4) is 0 Å². The Morgan fingerprint density at radius 3 is 2.12 bits per heavy atom. The minimum absolute atomic E-state index is 0.291. The van der Waals surface area contributed by atoms with Gasteiger partial charge in [0.25, 0.3) is 5.56 Å². The highest BCUT2D eigenvalue weighted by atomic mass is 19.4. The van der Waals surface area contributed by atoms with Gasteiger partial charge in [-0.15, -0.1) is 0 Å². The summed E-state index contributed by atoms with van der Waals surface area (Å²) in [6, 6.07) is 11.8. The van der Waals surface area contributed by atoms with E-state index < -0.39 is 17.4 Å². The van der Waals surface area contributed by atoms with Gasteiger partial charge in [0.15, 0.2) is 0 Å². The first-order valence-electron chi connectivity index (χ1n) is 7.75. The van der Waals surface area contributed by atoms with Crippen molar-refractivity contribution < 1.29 is 13.2 Å². The lowest BCUT2D eigenvalue weighted by atomic mass is 9.98. The summed E-state index contributed by atoms with van der Waals surface area (Å²) < 4.78 is 41.6. The largest absolute Gasteiger partial charge is 0.433 e. The molecule has 0 saturated carbocycles. The summed E-state index contributed by atoms with van der Waals surface area (Å²) in [5, 5.41) is 2.25. The van der Waals surface area contributed by atoms with Gasteiger partial charge in [-0.3, -0.25) is 9.89 Å². The smallest absolute Gasteiger partial charge is 0.286 e. The van der Waals surface area contributed by atoms with E-state index in [0.717, 1.165) is 15.8 Å². The molecule has 2 aromatic carbocycles. The second-order valence-electron chi connectivity index (χ2n) is 6.15. The fourth-order valence-electron chi connectivity index (χ4n) is 2.77. The summed E-state index contributed by atoms with van der Waals surface area (Å²) in [7, 11) is 0. The van der Waals surface area contributed by atoms with Gasteiger partial charge in [-0.05, 0) is 44.0 Å². The Balaban J connectivity index is 2.33. The van der Waals surface area contributed by atoms with Crippen LogP contribution in [0.25, 0.3) is 16.8 Å². The van der Waals surface area contributed by atoms with E-state index >= 15 is 0 Å². The summed E-state index contributed by atoms with van der Waals surface area (Å²) >= 11 is 0. The Labute approximate surface area is 142 Å². The molecule has 0 atom stereocenters. The average Bonchev–Trinajstić information content (AvgIpc) is 2.88. The van der Waals surface area contributed by atoms with E-state index in [9.17, 15) is 18.0 Å². The first-order chi connectivity index (χ1) is 11.7. The lowest BCUT2D eigenvalue weighted by Crippen LogP contribution is -2.16. The van der Waals surface area contributed by atoms with Gasteiger partial charge in [-0.2, -0.15) is 13.2 Å². The standard InChI is InChI=1S/C19H17F3N2O/c1-11-5-8-14(9-6-11)24-18(25)16(17(23-24)19(20,21)22)15-10-12(2)4-7-13(15)3/h4-10,23H,1-3H3. The summed E-state index contributed by atoms with van der Waals surface area (Å²) in [5.41, 5.74) is 0.900. The molecular weight excluding hydrogens is 329 g/mol. The summed E-state index contributed by atoms with van der Waals surface area (Å²) in [5.74, 6) is 0. The third kappa shape index (κ3) is 3.12. The second kappa shape index (κ2) is 5.95. The SMILES string of the molecule is Cc1ccc(-n2[nH]c(C(F)(F)F)c(-c3cc(C)ccc3C)c2=O)cc1. The Morgan fingerprint density at radius 1 is 0.920 bits per heavy atom. The third-order valence-corrected chi connectivity index (χ3v) is 4.13. The highest BCUT2D eigenvalue weighted by molar-refractivity contribution is 5.70. The van der Waals surface area contributed by atoms with Gasteiger partial charge >= 0.3 is 6.18 Å². The Kier molecular flexibility index (Phi) is 4.06. The van der Waals surface area contributed by atoms with Crippen LogP contribution in [0.4, 0.5) is 13.2 Å². The molecule has 3 aromatic rings. The lowest BCUT2D eigenvalue weighted by molar-refractivity contribution is -0.140. The molecule has 0 aliphatic rings. The Morgan fingerprint density at radius 2 is 1.52 bits per heavy atom. The second-order valence-corrected chi connectivity index (χ2v) is 6.15. The molecule has 0 aliphatic carbocycles. The van der Waals surface area contributed by atoms with E-state index in [-0.39, 0.29) is 5.56 Å². The zero-order valence-corrected chi connectivity index (χ0v) is 14.0. The van der Waals surface area contributed by atoms with Gasteiger partial charge in [-0.25, -0.2) is 4.68 Å². The van der Waals surface area contributed by atoms with Gasteiger partial charge in [0.1, 0.15) is 5.69 Å². The number of hydrogen-bond donors (Lipinski definition) is 1. The van der Waals surface area contributed by atoms with Gasteiger partial charge < -0.3 is 0 Å². The molecule has 0 unspecified atom stereocenters. The van der Waals surface area contributed by atoms with E-state index in [0.29, 0.717) is 16.8 Å². The van der Waals surface area contributed by atoms with Gasteiger partial charge in [0, 0.05) is 0 Å². The predicted octanol–water partition coefficient (Wildman–Crippen LogP) is 4.78. The third-order valence-electron chi connectivity index (χ3n) is 4.13. The molecule has 0 amide bonds. The Bertz CT molecular complexity index is 979. The van der Waals surface area contributed by atoms with Crippen LogP contribution in [0.2, 0.25) is 0 Å². The number of aromatic nitrogens is 2. The van der Waals surface area contributed by atoms with Crippen molar-refractivity contribution in [1.82, 2.24) is 9.78 Å². The van der Waals surface area contributed by atoms with Crippen LogP contribution >= 0.6 is 0 Å². The molecule has 0 fully saturated rings. The fourth-order valence-corrected chi connectivity index (χ4v) is 2.77. The zero-order chi connectivity index (χ0) is 18.4. The number of nitrogens with one attached hydrogen (secondary N) is 1. The number of aryl methyl sites for hydroxylation is 3.